The number of halogens is 1. The molecule has 1 aromatic heterocycles. The summed E-state index contributed by atoms with van der Waals surface area (Å²) in [7, 11) is 0. The van der Waals surface area contributed by atoms with Crippen LogP contribution in [0, 0.1) is 5.82 Å². The first kappa shape index (κ1) is 18.0. The van der Waals surface area contributed by atoms with Crippen LogP contribution in [-0.4, -0.2) is 37.1 Å². The molecule has 0 saturated carbocycles. The Morgan fingerprint density at radius 2 is 1.88 bits per heavy atom. The summed E-state index contributed by atoms with van der Waals surface area (Å²) in [6, 6.07) is 9.55. The van der Waals surface area contributed by atoms with Gasteiger partial charge in [0.05, 0.1) is 5.56 Å². The van der Waals surface area contributed by atoms with E-state index in [1.807, 2.05) is 12.1 Å². The van der Waals surface area contributed by atoms with Gasteiger partial charge >= 0.3 is 0 Å². The van der Waals surface area contributed by atoms with Gasteiger partial charge in [0.2, 0.25) is 0 Å². The molecule has 1 aromatic carbocycles. The molecule has 3 rings (SSSR count). The standard InChI is InChI=1S/C19H23FN4O2/c20-15-6-8-16(9-7-15)25-13-14-26-23-18(21)17-5-4-10-22-19(17)24-11-2-1-3-12-24/h4-10H,1-3,11-14H2,(H2,21,23). The second-order valence-electron chi connectivity index (χ2n) is 6.03. The normalized spacial score (nSPS) is 15.0. The molecule has 2 aromatic rings. The molecule has 0 amide bonds. The molecule has 2 heterocycles. The van der Waals surface area contributed by atoms with Crippen molar-refractivity contribution in [2.24, 2.45) is 10.9 Å². The highest BCUT2D eigenvalue weighted by Gasteiger charge is 2.17. The van der Waals surface area contributed by atoms with E-state index in [2.05, 4.69) is 15.0 Å². The lowest BCUT2D eigenvalue weighted by Crippen LogP contribution is -2.32. The fraction of sp³-hybridized carbons (Fsp3) is 0.368. The molecule has 6 nitrogen and oxygen atoms in total. The van der Waals surface area contributed by atoms with E-state index in [1.54, 1.807) is 18.3 Å². The molecule has 0 aliphatic carbocycles. The monoisotopic (exact) mass is 358 g/mol. The molecular formula is C19H23FN4O2. The fourth-order valence-corrected chi connectivity index (χ4v) is 2.85. The van der Waals surface area contributed by atoms with Crippen molar-refractivity contribution in [2.75, 3.05) is 31.2 Å². The zero-order chi connectivity index (χ0) is 18.2. The minimum absolute atomic E-state index is 0.234. The number of hydrogen-bond donors (Lipinski definition) is 1. The van der Waals surface area contributed by atoms with Crippen LogP contribution in [0.1, 0.15) is 24.8 Å². The van der Waals surface area contributed by atoms with Gasteiger partial charge < -0.3 is 20.2 Å². The molecule has 1 fully saturated rings. The molecule has 1 aliphatic heterocycles. The van der Waals surface area contributed by atoms with Gasteiger partial charge in [-0.25, -0.2) is 9.37 Å². The number of rotatable bonds is 7. The molecule has 1 aliphatic rings. The first-order chi connectivity index (χ1) is 12.7. The zero-order valence-electron chi connectivity index (χ0n) is 14.6. The summed E-state index contributed by atoms with van der Waals surface area (Å²) >= 11 is 0. The number of nitrogens with zero attached hydrogens (tertiary/aromatic N) is 3. The number of ether oxygens (including phenoxy) is 1. The molecule has 26 heavy (non-hydrogen) atoms. The molecule has 0 bridgehead atoms. The van der Waals surface area contributed by atoms with Gasteiger partial charge in [0.15, 0.2) is 12.4 Å². The minimum Gasteiger partial charge on any atom is -0.490 e. The highest BCUT2D eigenvalue weighted by atomic mass is 19.1. The lowest BCUT2D eigenvalue weighted by molar-refractivity contribution is 0.107. The van der Waals surface area contributed by atoms with Crippen LogP contribution >= 0.6 is 0 Å². The van der Waals surface area contributed by atoms with Gasteiger partial charge in [0, 0.05) is 19.3 Å². The van der Waals surface area contributed by atoms with E-state index in [4.69, 9.17) is 15.3 Å². The third kappa shape index (κ3) is 4.84. The Balaban J connectivity index is 1.53. The maximum absolute atomic E-state index is 12.8. The van der Waals surface area contributed by atoms with E-state index in [9.17, 15) is 4.39 Å². The average molecular weight is 358 g/mol. The molecule has 7 heteroatoms. The Bertz CT molecular complexity index is 731. The number of pyridine rings is 1. The van der Waals surface area contributed by atoms with Crippen LogP contribution in [-0.2, 0) is 4.84 Å². The maximum Gasteiger partial charge on any atom is 0.174 e. The smallest absolute Gasteiger partial charge is 0.174 e. The lowest BCUT2D eigenvalue weighted by atomic mass is 10.1. The third-order valence-electron chi connectivity index (χ3n) is 4.14. The number of nitrogens with two attached hydrogens (primary N) is 1. The van der Waals surface area contributed by atoms with Gasteiger partial charge in [-0.1, -0.05) is 5.16 Å². The van der Waals surface area contributed by atoms with Crippen molar-refractivity contribution in [1.82, 2.24) is 4.98 Å². The number of oxime groups is 1. The minimum atomic E-state index is -0.299. The van der Waals surface area contributed by atoms with Crippen LogP contribution < -0.4 is 15.4 Å². The van der Waals surface area contributed by atoms with Gasteiger partial charge in [-0.3, -0.25) is 0 Å². The van der Waals surface area contributed by atoms with Crippen molar-refractivity contribution in [2.45, 2.75) is 19.3 Å². The zero-order valence-corrected chi connectivity index (χ0v) is 14.6. The lowest BCUT2D eigenvalue weighted by Gasteiger charge is -2.29. The Kier molecular flexibility index (Phi) is 6.24. The van der Waals surface area contributed by atoms with E-state index in [0.29, 0.717) is 11.6 Å². The molecule has 2 N–H and O–H groups in total. The SMILES string of the molecule is NC(=NOCCOc1ccc(F)cc1)c1cccnc1N1CCCCC1. The topological polar surface area (TPSA) is 73.0 Å². The third-order valence-corrected chi connectivity index (χ3v) is 4.14. The van der Waals surface area contributed by atoms with Gasteiger partial charge in [0.1, 0.15) is 24.0 Å². The molecular weight excluding hydrogens is 335 g/mol. The van der Waals surface area contributed by atoms with Crippen molar-refractivity contribution < 1.29 is 14.0 Å². The van der Waals surface area contributed by atoms with Crippen LogP contribution in [0.15, 0.2) is 47.8 Å². The predicted octanol–water partition coefficient (Wildman–Crippen LogP) is 2.93. The highest BCUT2D eigenvalue weighted by molar-refractivity contribution is 6.01. The Labute approximate surface area is 152 Å². The summed E-state index contributed by atoms with van der Waals surface area (Å²) in [6.07, 6.45) is 5.33. The van der Waals surface area contributed by atoms with Gasteiger partial charge in [0.25, 0.3) is 0 Å². The number of aromatic nitrogens is 1. The van der Waals surface area contributed by atoms with Gasteiger partial charge in [-0.15, -0.1) is 0 Å². The average Bonchev–Trinajstić information content (AvgIpc) is 2.69. The van der Waals surface area contributed by atoms with Crippen molar-refractivity contribution in [3.8, 4) is 5.75 Å². The molecule has 0 unspecified atom stereocenters. The largest absolute Gasteiger partial charge is 0.490 e. The maximum atomic E-state index is 12.8. The van der Waals surface area contributed by atoms with E-state index < -0.39 is 0 Å². The van der Waals surface area contributed by atoms with Gasteiger partial charge in [-0.05, 0) is 55.7 Å². The number of anilines is 1. The summed E-state index contributed by atoms with van der Waals surface area (Å²) < 4.78 is 18.3. The molecule has 0 radical (unpaired) electrons. The van der Waals surface area contributed by atoms with Crippen molar-refractivity contribution in [1.29, 1.82) is 0 Å². The van der Waals surface area contributed by atoms with Crippen LogP contribution in [0.5, 0.6) is 5.75 Å². The first-order valence-electron chi connectivity index (χ1n) is 8.78. The Hall–Kier alpha value is -2.83. The number of benzene rings is 1. The summed E-state index contributed by atoms with van der Waals surface area (Å²) in [5, 5.41) is 3.98. The van der Waals surface area contributed by atoms with Crippen LogP contribution in [0.2, 0.25) is 0 Å². The van der Waals surface area contributed by atoms with Crippen LogP contribution in [0.4, 0.5) is 10.2 Å². The number of piperidine rings is 1. The summed E-state index contributed by atoms with van der Waals surface area (Å²) in [4.78, 5) is 12.0. The van der Waals surface area contributed by atoms with E-state index >= 15 is 0 Å². The molecule has 0 atom stereocenters. The molecule has 1 saturated heterocycles. The summed E-state index contributed by atoms with van der Waals surface area (Å²) in [6.45, 7) is 2.47. The Morgan fingerprint density at radius 3 is 2.65 bits per heavy atom. The van der Waals surface area contributed by atoms with Crippen LogP contribution in [0.25, 0.3) is 0 Å². The second-order valence-corrected chi connectivity index (χ2v) is 6.03. The summed E-state index contributed by atoms with van der Waals surface area (Å²) in [5.74, 6) is 1.42. The first-order valence-corrected chi connectivity index (χ1v) is 8.78. The number of hydrogen-bond acceptors (Lipinski definition) is 5. The predicted molar refractivity (Wildman–Crippen MR) is 98.9 cm³/mol. The Morgan fingerprint density at radius 1 is 1.12 bits per heavy atom. The van der Waals surface area contributed by atoms with Crippen molar-refractivity contribution in [3.63, 3.8) is 0 Å². The van der Waals surface area contributed by atoms with E-state index in [0.717, 1.165) is 37.3 Å². The summed E-state index contributed by atoms with van der Waals surface area (Å²) in [5.41, 5.74) is 6.86. The van der Waals surface area contributed by atoms with Crippen molar-refractivity contribution in [3.05, 3.63) is 54.0 Å². The molecule has 0 spiro atoms. The fourth-order valence-electron chi connectivity index (χ4n) is 2.85. The second kappa shape index (κ2) is 9.03. The quantitative estimate of drug-likeness (QED) is 0.357. The van der Waals surface area contributed by atoms with E-state index in [-0.39, 0.29) is 19.0 Å². The van der Waals surface area contributed by atoms with Crippen LogP contribution in [0.3, 0.4) is 0 Å². The number of amidine groups is 1. The van der Waals surface area contributed by atoms with Gasteiger partial charge in [-0.2, -0.15) is 0 Å². The highest BCUT2D eigenvalue weighted by Crippen LogP contribution is 2.21. The van der Waals surface area contributed by atoms with Crippen molar-refractivity contribution >= 4 is 11.7 Å². The molecule has 138 valence electrons. The van der Waals surface area contributed by atoms with E-state index in [1.165, 1.54) is 18.6 Å².